The van der Waals surface area contributed by atoms with Gasteiger partial charge in [-0.3, -0.25) is 0 Å². The summed E-state index contributed by atoms with van der Waals surface area (Å²) in [5, 5.41) is 0. The molecule has 0 aliphatic carbocycles. The summed E-state index contributed by atoms with van der Waals surface area (Å²) in [7, 11) is -1.68. The van der Waals surface area contributed by atoms with Crippen LogP contribution in [0.25, 0.3) is 0 Å². The number of para-hydroxylation sites is 2. The highest BCUT2D eigenvalue weighted by atomic mass is 19.5. The van der Waals surface area contributed by atoms with Crippen molar-refractivity contribution in [3.05, 3.63) is 107 Å². The van der Waals surface area contributed by atoms with Gasteiger partial charge in [-0.1, -0.05) is 68.5 Å². The number of benzene rings is 2. The van der Waals surface area contributed by atoms with E-state index in [0.29, 0.717) is 13.2 Å². The maximum absolute atomic E-state index is 9.75. The number of hydrogen-bond acceptors (Lipinski definition) is 2. The molecule has 0 atom stereocenters. The van der Waals surface area contributed by atoms with Crippen molar-refractivity contribution in [1.29, 1.82) is 0 Å². The van der Waals surface area contributed by atoms with Crippen LogP contribution in [0.15, 0.2) is 95.8 Å². The number of halogens is 4. The molecule has 206 valence electrons. The van der Waals surface area contributed by atoms with Crippen LogP contribution in [0.5, 0.6) is 0 Å². The third kappa shape index (κ3) is 5.96. The Hall–Kier alpha value is -3.39. The van der Waals surface area contributed by atoms with Crippen LogP contribution in [0.1, 0.15) is 38.8 Å². The van der Waals surface area contributed by atoms with E-state index in [1.54, 1.807) is 0 Å². The van der Waals surface area contributed by atoms with Gasteiger partial charge >= 0.3 is 7.25 Å². The maximum Gasteiger partial charge on any atom is 0.673 e. The fourth-order valence-corrected chi connectivity index (χ4v) is 5.78. The zero-order chi connectivity index (χ0) is 28.6. The zero-order valence-corrected chi connectivity index (χ0v) is 23.3. The first-order valence-corrected chi connectivity index (χ1v) is 13.0. The Kier molecular flexibility index (Phi) is 7.81. The molecule has 0 saturated heterocycles. The molecule has 0 N–H and O–H groups in total. The number of nitrogens with zero attached hydrogens (tertiary/aromatic N) is 2. The molecule has 2 aromatic carbocycles. The number of likely N-dealkylation sites (N-methyl/N-ethyl adjacent to an activating group) is 1. The lowest BCUT2D eigenvalue weighted by Crippen LogP contribution is -2.26. The molecule has 0 amide bonds. The molecular weight excluding hydrogens is 503 g/mol. The molecule has 0 unspecified atom stereocenters. The molecular formula is C31H35BF4N2O. The van der Waals surface area contributed by atoms with Crippen LogP contribution in [0, 0.1) is 0 Å². The Balaban J connectivity index is 0.000000648. The van der Waals surface area contributed by atoms with Crippen molar-refractivity contribution < 1.29 is 26.6 Å². The van der Waals surface area contributed by atoms with Crippen molar-refractivity contribution in [2.75, 3.05) is 32.2 Å². The molecule has 3 heterocycles. The first-order valence-electron chi connectivity index (χ1n) is 13.0. The average Bonchev–Trinajstić information content (AvgIpc) is 3.18. The van der Waals surface area contributed by atoms with Crippen molar-refractivity contribution in [2.24, 2.45) is 0 Å². The lowest BCUT2D eigenvalue weighted by Gasteiger charge is -2.24. The van der Waals surface area contributed by atoms with Crippen LogP contribution in [-0.4, -0.2) is 44.9 Å². The molecule has 0 bridgehead atoms. The second kappa shape index (κ2) is 10.6. The monoisotopic (exact) mass is 538 g/mol. The quantitative estimate of drug-likeness (QED) is 0.226. The molecule has 0 spiro atoms. The van der Waals surface area contributed by atoms with Crippen molar-refractivity contribution >= 4 is 24.3 Å². The van der Waals surface area contributed by atoms with E-state index < -0.39 is 7.25 Å². The van der Waals surface area contributed by atoms with Gasteiger partial charge in [0.2, 0.25) is 5.69 Å². The second-order valence-electron chi connectivity index (χ2n) is 11.1. The van der Waals surface area contributed by atoms with E-state index in [2.05, 4.69) is 130 Å². The van der Waals surface area contributed by atoms with Crippen LogP contribution >= 0.6 is 0 Å². The van der Waals surface area contributed by atoms with E-state index in [0.717, 1.165) is 0 Å². The van der Waals surface area contributed by atoms with Gasteiger partial charge in [0.25, 0.3) is 0 Å². The lowest BCUT2D eigenvalue weighted by molar-refractivity contribution is -0.401. The number of hydrogen-bond donors (Lipinski definition) is 0. The fraction of sp³-hybridized carbons (Fsp3) is 0.323. The molecule has 0 fully saturated rings. The van der Waals surface area contributed by atoms with Gasteiger partial charge in [-0.15, -0.1) is 0 Å². The highest BCUT2D eigenvalue weighted by Crippen LogP contribution is 2.46. The summed E-state index contributed by atoms with van der Waals surface area (Å²) in [5.41, 5.74) is 10.3. The molecule has 8 heteroatoms. The van der Waals surface area contributed by atoms with Gasteiger partial charge in [-0.05, 0) is 42.7 Å². The maximum atomic E-state index is 9.75. The van der Waals surface area contributed by atoms with Gasteiger partial charge in [0.1, 0.15) is 7.05 Å². The predicted molar refractivity (Wildman–Crippen MR) is 153 cm³/mol. The Morgan fingerprint density at radius 2 is 1.46 bits per heavy atom. The van der Waals surface area contributed by atoms with Crippen LogP contribution in [-0.2, 0) is 15.6 Å². The van der Waals surface area contributed by atoms with Crippen molar-refractivity contribution in [3.8, 4) is 0 Å². The van der Waals surface area contributed by atoms with Gasteiger partial charge in [-0.2, -0.15) is 4.58 Å². The molecule has 39 heavy (non-hydrogen) atoms. The highest BCUT2D eigenvalue weighted by molar-refractivity contribution is 6.50. The van der Waals surface area contributed by atoms with E-state index in [4.69, 9.17) is 4.74 Å². The van der Waals surface area contributed by atoms with Crippen LogP contribution in [0.3, 0.4) is 0 Å². The molecule has 0 radical (unpaired) electrons. The highest BCUT2D eigenvalue weighted by Gasteiger charge is 2.42. The Labute approximate surface area is 228 Å². The van der Waals surface area contributed by atoms with Crippen molar-refractivity contribution in [2.45, 2.75) is 38.5 Å². The van der Waals surface area contributed by atoms with Crippen LogP contribution in [0.4, 0.5) is 28.6 Å². The number of allylic oxidation sites excluding steroid dienone is 4. The largest absolute Gasteiger partial charge is 0.673 e. The van der Waals surface area contributed by atoms with E-state index in [1.807, 2.05) is 0 Å². The fourth-order valence-electron chi connectivity index (χ4n) is 5.78. The summed E-state index contributed by atoms with van der Waals surface area (Å²) < 4.78 is 47.3. The van der Waals surface area contributed by atoms with Gasteiger partial charge in [0.05, 0.1) is 18.6 Å². The smallest absolute Gasteiger partial charge is 0.418 e. The molecule has 0 saturated carbocycles. The first kappa shape index (κ1) is 28.6. The van der Waals surface area contributed by atoms with Crippen molar-refractivity contribution in [3.63, 3.8) is 0 Å². The second-order valence-corrected chi connectivity index (χ2v) is 11.1. The van der Waals surface area contributed by atoms with Gasteiger partial charge in [0, 0.05) is 41.6 Å². The van der Waals surface area contributed by atoms with Crippen molar-refractivity contribution in [1.82, 2.24) is 0 Å². The summed E-state index contributed by atoms with van der Waals surface area (Å²) in [6.45, 7) is 10.5. The molecule has 3 aliphatic heterocycles. The average molecular weight is 538 g/mol. The number of ether oxygens (including phenoxy) is 1. The first-order chi connectivity index (χ1) is 18.2. The summed E-state index contributed by atoms with van der Waals surface area (Å²) in [4.78, 5) is 2.31. The minimum absolute atomic E-state index is 0.0192. The molecule has 5 rings (SSSR count). The Morgan fingerprint density at radius 1 is 0.846 bits per heavy atom. The third-order valence-electron chi connectivity index (χ3n) is 7.70. The zero-order valence-electron chi connectivity index (χ0n) is 23.3. The summed E-state index contributed by atoms with van der Waals surface area (Å²) in [6.07, 6.45) is 11.3. The van der Waals surface area contributed by atoms with E-state index in [9.17, 15) is 17.3 Å². The molecule has 0 aromatic heterocycles. The predicted octanol–water partition coefficient (Wildman–Crippen LogP) is 7.74. The van der Waals surface area contributed by atoms with Gasteiger partial charge < -0.3 is 26.9 Å². The molecule has 3 nitrogen and oxygen atoms in total. The molecule has 2 aromatic rings. The van der Waals surface area contributed by atoms with E-state index in [1.165, 1.54) is 45.1 Å². The topological polar surface area (TPSA) is 15.5 Å². The van der Waals surface area contributed by atoms with E-state index >= 15 is 0 Å². The SMILES string of the molecule is CN1/C(=C\C=C2C=C(/C=C/C3=[N+](C)c4ccccc4C3(C)C)COC/2)C(C)(C)c2ccccc21.F[B-](F)(F)F. The Morgan fingerprint density at radius 3 is 2.10 bits per heavy atom. The van der Waals surface area contributed by atoms with Crippen LogP contribution in [0.2, 0.25) is 0 Å². The standard InChI is InChI=1S/C31H35N2O.BF4/c1-30(2)24-11-7-9-13-26(24)32(5)28(30)17-15-22-19-23(21-34-20-22)16-18-29-31(3,4)25-12-8-10-14-27(25)33(29)6;2-1(3,4)5/h7-19H,20-21H2,1-6H3;/q+1;-1. The number of rotatable bonds is 3. The minimum Gasteiger partial charge on any atom is -0.418 e. The minimum atomic E-state index is -6.00. The number of anilines is 1. The summed E-state index contributed by atoms with van der Waals surface area (Å²) in [6, 6.07) is 17.4. The third-order valence-corrected chi connectivity index (χ3v) is 7.70. The Bertz CT molecular complexity index is 1410. The van der Waals surface area contributed by atoms with E-state index in [-0.39, 0.29) is 10.8 Å². The lowest BCUT2D eigenvalue weighted by atomic mass is 9.81. The summed E-state index contributed by atoms with van der Waals surface area (Å²) >= 11 is 0. The van der Waals surface area contributed by atoms with Crippen LogP contribution < -0.4 is 4.90 Å². The van der Waals surface area contributed by atoms with Gasteiger partial charge in [-0.25, -0.2) is 0 Å². The van der Waals surface area contributed by atoms with Gasteiger partial charge in [0.15, 0.2) is 5.71 Å². The number of fused-ring (bicyclic) bond motifs is 2. The molecule has 3 aliphatic rings. The summed E-state index contributed by atoms with van der Waals surface area (Å²) in [5.74, 6) is 0. The normalized spacial score (nSPS) is 21.7.